The summed E-state index contributed by atoms with van der Waals surface area (Å²) in [6.45, 7) is 12.3. The number of hydrogen-bond donors (Lipinski definition) is 0. The van der Waals surface area contributed by atoms with Gasteiger partial charge in [0.25, 0.3) is 0 Å². The molecule has 0 aliphatic carbocycles. The third-order valence-corrected chi connectivity index (χ3v) is 4.01. The van der Waals surface area contributed by atoms with Crippen molar-refractivity contribution in [2.45, 2.75) is 98.7 Å². The lowest BCUT2D eigenvalue weighted by atomic mass is 9.76. The Hall–Kier alpha value is -0.730. The van der Waals surface area contributed by atoms with Crippen molar-refractivity contribution in [1.82, 2.24) is 0 Å². The van der Waals surface area contributed by atoms with E-state index in [0.717, 1.165) is 19.3 Å². The normalized spacial score (nSPS) is 15.8. The van der Waals surface area contributed by atoms with Gasteiger partial charge in [-0.1, -0.05) is 52.9 Å². The predicted octanol–water partition coefficient (Wildman–Crippen LogP) is 5.71. The van der Waals surface area contributed by atoms with Crippen LogP contribution in [-0.4, -0.2) is 18.4 Å². The van der Waals surface area contributed by atoms with Crippen molar-refractivity contribution in [3.63, 3.8) is 0 Å². The molecule has 0 saturated carbocycles. The summed E-state index contributed by atoms with van der Waals surface area (Å²) in [5, 5.41) is 0. The highest BCUT2D eigenvalue weighted by Gasteiger charge is 2.33. The standard InChI is InChI=1S/C17H34O3/c1-7-9-10-11-13-17(6,12-8-2)15(5)20-16(18)19-14(3)4/h14-15H,7-13H2,1-6H3. The van der Waals surface area contributed by atoms with Crippen LogP contribution in [0.1, 0.15) is 86.5 Å². The van der Waals surface area contributed by atoms with Crippen LogP contribution in [0.3, 0.4) is 0 Å². The van der Waals surface area contributed by atoms with E-state index in [1.807, 2.05) is 20.8 Å². The van der Waals surface area contributed by atoms with E-state index in [4.69, 9.17) is 9.47 Å². The van der Waals surface area contributed by atoms with E-state index in [0.29, 0.717) is 0 Å². The van der Waals surface area contributed by atoms with E-state index >= 15 is 0 Å². The summed E-state index contributed by atoms with van der Waals surface area (Å²) >= 11 is 0. The first-order valence-corrected chi connectivity index (χ1v) is 8.23. The quantitative estimate of drug-likeness (QED) is 0.381. The van der Waals surface area contributed by atoms with Crippen LogP contribution in [0.5, 0.6) is 0 Å². The van der Waals surface area contributed by atoms with E-state index in [1.54, 1.807) is 0 Å². The fourth-order valence-corrected chi connectivity index (χ4v) is 2.57. The van der Waals surface area contributed by atoms with E-state index in [-0.39, 0.29) is 17.6 Å². The van der Waals surface area contributed by atoms with Gasteiger partial charge in [-0.25, -0.2) is 4.79 Å². The molecule has 0 N–H and O–H groups in total. The summed E-state index contributed by atoms with van der Waals surface area (Å²) in [6.07, 6.45) is 7.53. The van der Waals surface area contributed by atoms with E-state index < -0.39 is 6.16 Å². The van der Waals surface area contributed by atoms with Gasteiger partial charge < -0.3 is 9.47 Å². The molecule has 0 saturated heterocycles. The molecule has 0 aromatic rings. The molecule has 0 aromatic heterocycles. The molecule has 0 aliphatic heterocycles. The number of carbonyl (C=O) groups excluding carboxylic acids is 1. The lowest BCUT2D eigenvalue weighted by Gasteiger charge is -2.35. The Bertz CT molecular complexity index is 263. The van der Waals surface area contributed by atoms with Gasteiger partial charge in [0.1, 0.15) is 6.10 Å². The van der Waals surface area contributed by atoms with Crippen LogP contribution >= 0.6 is 0 Å². The van der Waals surface area contributed by atoms with Crippen LogP contribution in [0.25, 0.3) is 0 Å². The fourth-order valence-electron chi connectivity index (χ4n) is 2.57. The molecule has 0 bridgehead atoms. The summed E-state index contributed by atoms with van der Waals surface area (Å²) < 4.78 is 10.6. The summed E-state index contributed by atoms with van der Waals surface area (Å²) in [6, 6.07) is 0. The van der Waals surface area contributed by atoms with E-state index in [2.05, 4.69) is 20.8 Å². The Kier molecular flexibility index (Phi) is 9.70. The number of ether oxygens (including phenoxy) is 2. The average Bonchev–Trinajstić information content (AvgIpc) is 2.34. The van der Waals surface area contributed by atoms with Gasteiger partial charge in [-0.05, 0) is 33.6 Å². The molecule has 0 heterocycles. The molecule has 120 valence electrons. The number of carbonyl (C=O) groups is 1. The molecular formula is C17H34O3. The van der Waals surface area contributed by atoms with Crippen LogP contribution in [0.4, 0.5) is 4.79 Å². The third-order valence-electron chi connectivity index (χ3n) is 4.01. The first-order valence-electron chi connectivity index (χ1n) is 8.23. The van der Waals surface area contributed by atoms with E-state index in [1.165, 1.54) is 25.7 Å². The molecule has 3 nitrogen and oxygen atoms in total. The second-order valence-electron chi connectivity index (χ2n) is 6.39. The average molecular weight is 286 g/mol. The second kappa shape index (κ2) is 10.1. The van der Waals surface area contributed by atoms with Gasteiger partial charge in [0.15, 0.2) is 0 Å². The van der Waals surface area contributed by atoms with Gasteiger partial charge in [-0.3, -0.25) is 0 Å². The van der Waals surface area contributed by atoms with Crippen LogP contribution < -0.4 is 0 Å². The minimum Gasteiger partial charge on any atom is -0.432 e. The maximum absolute atomic E-state index is 11.6. The zero-order valence-corrected chi connectivity index (χ0v) is 14.3. The number of hydrogen-bond acceptors (Lipinski definition) is 3. The van der Waals surface area contributed by atoms with Crippen molar-refractivity contribution >= 4 is 6.16 Å². The third kappa shape index (κ3) is 7.76. The van der Waals surface area contributed by atoms with Crippen LogP contribution in [0.15, 0.2) is 0 Å². The molecule has 20 heavy (non-hydrogen) atoms. The van der Waals surface area contributed by atoms with Crippen molar-refractivity contribution < 1.29 is 14.3 Å². The number of rotatable bonds is 10. The van der Waals surface area contributed by atoms with Crippen LogP contribution in [-0.2, 0) is 9.47 Å². The summed E-state index contributed by atoms with van der Waals surface area (Å²) in [4.78, 5) is 11.6. The van der Waals surface area contributed by atoms with Crippen molar-refractivity contribution in [3.05, 3.63) is 0 Å². The molecule has 2 atom stereocenters. The largest absolute Gasteiger partial charge is 0.508 e. The monoisotopic (exact) mass is 286 g/mol. The van der Waals surface area contributed by atoms with Gasteiger partial charge in [0, 0.05) is 5.41 Å². The predicted molar refractivity (Wildman–Crippen MR) is 83.9 cm³/mol. The molecule has 0 aliphatic rings. The molecule has 0 radical (unpaired) electrons. The smallest absolute Gasteiger partial charge is 0.432 e. The fraction of sp³-hybridized carbons (Fsp3) is 0.941. The Morgan fingerprint density at radius 3 is 2.10 bits per heavy atom. The minimum atomic E-state index is -0.539. The Balaban J connectivity index is 4.41. The van der Waals surface area contributed by atoms with Gasteiger partial charge in [-0.2, -0.15) is 0 Å². The molecule has 0 aromatic carbocycles. The minimum absolute atomic E-state index is 0.0541. The molecule has 0 amide bonds. The molecule has 0 rings (SSSR count). The summed E-state index contributed by atoms with van der Waals surface area (Å²) in [5.74, 6) is 0. The highest BCUT2D eigenvalue weighted by Crippen LogP contribution is 2.35. The van der Waals surface area contributed by atoms with Crippen molar-refractivity contribution in [2.75, 3.05) is 0 Å². The summed E-state index contributed by atoms with van der Waals surface area (Å²) in [7, 11) is 0. The number of unbranched alkanes of at least 4 members (excludes halogenated alkanes) is 3. The topological polar surface area (TPSA) is 35.5 Å². The lowest BCUT2D eigenvalue weighted by Crippen LogP contribution is -2.34. The Labute approximate surface area is 125 Å². The highest BCUT2D eigenvalue weighted by molar-refractivity contribution is 5.60. The van der Waals surface area contributed by atoms with Gasteiger partial charge >= 0.3 is 6.16 Å². The zero-order chi connectivity index (χ0) is 15.6. The first-order chi connectivity index (χ1) is 9.35. The molecular weight excluding hydrogens is 252 g/mol. The van der Waals surface area contributed by atoms with Gasteiger partial charge in [0.2, 0.25) is 0 Å². The molecule has 2 unspecified atom stereocenters. The highest BCUT2D eigenvalue weighted by atomic mass is 16.7. The molecule has 3 heteroatoms. The SMILES string of the molecule is CCCCCCC(C)(CCC)C(C)OC(=O)OC(C)C. The van der Waals surface area contributed by atoms with Gasteiger partial charge in [0.05, 0.1) is 6.10 Å². The van der Waals surface area contributed by atoms with Crippen molar-refractivity contribution in [1.29, 1.82) is 0 Å². The molecule has 0 spiro atoms. The second-order valence-corrected chi connectivity index (χ2v) is 6.39. The van der Waals surface area contributed by atoms with Crippen LogP contribution in [0.2, 0.25) is 0 Å². The first kappa shape index (κ1) is 19.3. The van der Waals surface area contributed by atoms with Gasteiger partial charge in [-0.15, -0.1) is 0 Å². The molecule has 0 fully saturated rings. The van der Waals surface area contributed by atoms with Crippen LogP contribution in [0, 0.1) is 5.41 Å². The maximum Gasteiger partial charge on any atom is 0.508 e. The zero-order valence-electron chi connectivity index (χ0n) is 14.3. The maximum atomic E-state index is 11.6. The van der Waals surface area contributed by atoms with E-state index in [9.17, 15) is 4.79 Å². The van der Waals surface area contributed by atoms with Crippen molar-refractivity contribution in [2.24, 2.45) is 5.41 Å². The van der Waals surface area contributed by atoms with Crippen molar-refractivity contribution in [3.8, 4) is 0 Å². The Morgan fingerprint density at radius 1 is 0.950 bits per heavy atom. The Morgan fingerprint density at radius 2 is 1.60 bits per heavy atom. The summed E-state index contributed by atoms with van der Waals surface area (Å²) in [5.41, 5.74) is 0.0541. The lowest BCUT2D eigenvalue weighted by molar-refractivity contribution is -0.0362.